The fourth-order valence-electron chi connectivity index (χ4n) is 2.46. The zero-order valence-electron chi connectivity index (χ0n) is 11.1. The Morgan fingerprint density at radius 3 is 2.68 bits per heavy atom. The summed E-state index contributed by atoms with van der Waals surface area (Å²) >= 11 is 6.07. The maximum atomic E-state index is 10.4. The highest BCUT2D eigenvalue weighted by atomic mass is 35.5. The van der Waals surface area contributed by atoms with E-state index in [-0.39, 0.29) is 11.7 Å². The van der Waals surface area contributed by atoms with Crippen molar-refractivity contribution in [1.82, 2.24) is 10.2 Å². The Labute approximate surface area is 119 Å². The number of hydrogen-bond donors (Lipinski definition) is 3. The van der Waals surface area contributed by atoms with Gasteiger partial charge in [-0.05, 0) is 23.6 Å². The normalized spacial score (nSPS) is 20.2. The van der Waals surface area contributed by atoms with Crippen LogP contribution in [0.5, 0.6) is 5.75 Å². The summed E-state index contributed by atoms with van der Waals surface area (Å²) in [5.41, 5.74) is 0.683. The zero-order valence-corrected chi connectivity index (χ0v) is 11.9. The fourth-order valence-corrected chi connectivity index (χ4v) is 2.75. The van der Waals surface area contributed by atoms with Crippen LogP contribution in [0.4, 0.5) is 0 Å². The number of aromatic hydroxyl groups is 1. The van der Waals surface area contributed by atoms with Gasteiger partial charge in [-0.3, -0.25) is 0 Å². The summed E-state index contributed by atoms with van der Waals surface area (Å²) in [6, 6.07) is 4.72. The number of halogens is 1. The summed E-state index contributed by atoms with van der Waals surface area (Å²) in [5.74, 6) is 0.218. The molecule has 1 aliphatic rings. The van der Waals surface area contributed by atoms with Crippen molar-refractivity contribution in [2.75, 3.05) is 32.7 Å². The van der Waals surface area contributed by atoms with Gasteiger partial charge in [0, 0.05) is 32.7 Å². The lowest BCUT2D eigenvalue weighted by atomic mass is 9.96. The summed E-state index contributed by atoms with van der Waals surface area (Å²) in [4.78, 5) is 2.35. The Hall–Kier alpha value is -0.810. The number of piperazine rings is 1. The minimum atomic E-state index is -0.608. The molecule has 0 amide bonds. The average Bonchev–Trinajstić information content (AvgIpc) is 2.39. The summed E-state index contributed by atoms with van der Waals surface area (Å²) in [5, 5.41) is 23.4. The van der Waals surface area contributed by atoms with Gasteiger partial charge in [0.2, 0.25) is 0 Å². The van der Waals surface area contributed by atoms with Crippen molar-refractivity contribution >= 4 is 11.6 Å². The molecule has 106 valence electrons. The summed E-state index contributed by atoms with van der Waals surface area (Å²) in [7, 11) is 0. The predicted molar refractivity (Wildman–Crippen MR) is 76.6 cm³/mol. The molecule has 1 aromatic carbocycles. The van der Waals surface area contributed by atoms with Crippen LogP contribution in [0.15, 0.2) is 18.2 Å². The highest BCUT2D eigenvalue weighted by Crippen LogP contribution is 2.31. The van der Waals surface area contributed by atoms with Gasteiger partial charge in [0.1, 0.15) is 5.75 Å². The second-order valence-corrected chi connectivity index (χ2v) is 5.59. The molecule has 0 aliphatic carbocycles. The molecule has 4 nitrogen and oxygen atoms in total. The average molecular weight is 285 g/mol. The Balaban J connectivity index is 1.99. The van der Waals surface area contributed by atoms with Crippen LogP contribution in [0.1, 0.15) is 18.6 Å². The standard InChI is InChI=1S/C14H21ClN2O2/c1-10(9-17-6-4-16-5-7-17)14(19)12-3-2-11(18)8-13(12)15/h2-3,8,10,14,16,18-19H,4-7,9H2,1H3. The molecule has 3 N–H and O–H groups in total. The smallest absolute Gasteiger partial charge is 0.117 e. The largest absolute Gasteiger partial charge is 0.508 e. The van der Waals surface area contributed by atoms with E-state index in [1.54, 1.807) is 12.1 Å². The van der Waals surface area contributed by atoms with E-state index in [2.05, 4.69) is 10.2 Å². The molecule has 0 saturated carbocycles. The maximum absolute atomic E-state index is 10.4. The van der Waals surface area contributed by atoms with Gasteiger partial charge in [-0.1, -0.05) is 24.6 Å². The number of phenolic OH excluding ortho intramolecular Hbond substituents is 1. The molecule has 0 radical (unpaired) electrons. The minimum Gasteiger partial charge on any atom is -0.508 e. The molecule has 0 spiro atoms. The number of aliphatic hydroxyl groups is 1. The molecule has 19 heavy (non-hydrogen) atoms. The molecular formula is C14H21ClN2O2. The lowest BCUT2D eigenvalue weighted by molar-refractivity contribution is 0.0842. The number of benzene rings is 1. The molecule has 1 saturated heterocycles. The molecule has 5 heteroatoms. The Morgan fingerprint density at radius 2 is 2.05 bits per heavy atom. The van der Waals surface area contributed by atoms with Crippen molar-refractivity contribution in [3.05, 3.63) is 28.8 Å². The van der Waals surface area contributed by atoms with Crippen LogP contribution in [-0.4, -0.2) is 47.8 Å². The van der Waals surface area contributed by atoms with E-state index in [0.717, 1.165) is 32.7 Å². The van der Waals surface area contributed by atoms with Crippen LogP contribution in [-0.2, 0) is 0 Å². The molecule has 1 aliphatic heterocycles. The van der Waals surface area contributed by atoms with Crippen molar-refractivity contribution in [1.29, 1.82) is 0 Å². The van der Waals surface area contributed by atoms with Gasteiger partial charge in [0.15, 0.2) is 0 Å². The van der Waals surface area contributed by atoms with E-state index in [1.807, 2.05) is 6.92 Å². The van der Waals surface area contributed by atoms with Gasteiger partial charge in [-0.2, -0.15) is 0 Å². The monoisotopic (exact) mass is 284 g/mol. The number of nitrogens with zero attached hydrogens (tertiary/aromatic N) is 1. The van der Waals surface area contributed by atoms with Gasteiger partial charge in [-0.15, -0.1) is 0 Å². The second kappa shape index (κ2) is 6.57. The van der Waals surface area contributed by atoms with Crippen molar-refractivity contribution in [3.63, 3.8) is 0 Å². The Morgan fingerprint density at radius 1 is 1.37 bits per heavy atom. The number of nitrogens with one attached hydrogen (secondary N) is 1. The summed E-state index contributed by atoms with van der Waals surface area (Å²) in [6.45, 7) is 6.91. The lowest BCUT2D eigenvalue weighted by Crippen LogP contribution is -2.45. The quantitative estimate of drug-likeness (QED) is 0.786. The van der Waals surface area contributed by atoms with Crippen LogP contribution < -0.4 is 5.32 Å². The van der Waals surface area contributed by atoms with Gasteiger partial charge in [0.25, 0.3) is 0 Å². The predicted octanol–water partition coefficient (Wildman–Crippen LogP) is 1.62. The number of phenols is 1. The van der Waals surface area contributed by atoms with Crippen LogP contribution >= 0.6 is 11.6 Å². The SMILES string of the molecule is CC(CN1CCNCC1)C(O)c1ccc(O)cc1Cl. The first kappa shape index (κ1) is 14.6. The van der Waals surface area contributed by atoms with E-state index < -0.39 is 6.10 Å². The van der Waals surface area contributed by atoms with E-state index in [4.69, 9.17) is 11.6 Å². The number of aliphatic hydroxyl groups excluding tert-OH is 1. The maximum Gasteiger partial charge on any atom is 0.117 e. The van der Waals surface area contributed by atoms with E-state index in [1.165, 1.54) is 6.07 Å². The highest BCUT2D eigenvalue weighted by molar-refractivity contribution is 6.31. The van der Waals surface area contributed by atoms with Crippen molar-refractivity contribution in [2.24, 2.45) is 5.92 Å². The molecule has 0 bridgehead atoms. The Bertz CT molecular complexity index is 422. The minimum absolute atomic E-state index is 0.0974. The molecule has 2 unspecified atom stereocenters. The van der Waals surface area contributed by atoms with Crippen LogP contribution in [0.25, 0.3) is 0 Å². The van der Waals surface area contributed by atoms with Gasteiger partial charge in [-0.25, -0.2) is 0 Å². The van der Waals surface area contributed by atoms with Gasteiger partial charge >= 0.3 is 0 Å². The van der Waals surface area contributed by atoms with E-state index >= 15 is 0 Å². The summed E-state index contributed by atoms with van der Waals surface area (Å²) < 4.78 is 0. The number of rotatable bonds is 4. The third-order valence-electron chi connectivity index (χ3n) is 3.60. The topological polar surface area (TPSA) is 55.7 Å². The lowest BCUT2D eigenvalue weighted by Gasteiger charge is -2.31. The molecule has 2 atom stereocenters. The fraction of sp³-hybridized carbons (Fsp3) is 0.571. The first-order valence-corrected chi connectivity index (χ1v) is 7.05. The number of hydrogen-bond acceptors (Lipinski definition) is 4. The molecule has 1 heterocycles. The van der Waals surface area contributed by atoms with E-state index in [9.17, 15) is 10.2 Å². The first-order chi connectivity index (χ1) is 9.08. The van der Waals surface area contributed by atoms with Crippen molar-refractivity contribution in [3.8, 4) is 5.75 Å². The van der Waals surface area contributed by atoms with Gasteiger partial charge < -0.3 is 20.4 Å². The molecular weight excluding hydrogens is 264 g/mol. The van der Waals surface area contributed by atoms with Crippen LogP contribution in [0.3, 0.4) is 0 Å². The van der Waals surface area contributed by atoms with Gasteiger partial charge in [0.05, 0.1) is 11.1 Å². The third-order valence-corrected chi connectivity index (χ3v) is 3.92. The summed E-state index contributed by atoms with van der Waals surface area (Å²) in [6.07, 6.45) is -0.608. The molecule has 2 rings (SSSR count). The first-order valence-electron chi connectivity index (χ1n) is 6.67. The Kier molecular flexibility index (Phi) is 5.05. The van der Waals surface area contributed by atoms with Crippen LogP contribution in [0.2, 0.25) is 5.02 Å². The van der Waals surface area contributed by atoms with E-state index in [0.29, 0.717) is 10.6 Å². The third kappa shape index (κ3) is 3.83. The van der Waals surface area contributed by atoms with Crippen molar-refractivity contribution in [2.45, 2.75) is 13.0 Å². The van der Waals surface area contributed by atoms with Crippen LogP contribution in [0, 0.1) is 5.92 Å². The highest BCUT2D eigenvalue weighted by Gasteiger charge is 2.22. The molecule has 1 aromatic rings. The second-order valence-electron chi connectivity index (χ2n) is 5.18. The van der Waals surface area contributed by atoms with Crippen molar-refractivity contribution < 1.29 is 10.2 Å². The zero-order chi connectivity index (χ0) is 13.8. The molecule has 0 aromatic heterocycles. The molecule has 1 fully saturated rings.